The van der Waals surface area contributed by atoms with Crippen LogP contribution in [0.25, 0.3) is 0 Å². The average Bonchev–Trinajstić information content (AvgIpc) is 2.87. The molecular weight excluding hydrogens is 482 g/mol. The zero-order chi connectivity index (χ0) is 28.0. The summed E-state index contributed by atoms with van der Waals surface area (Å²) >= 11 is 0. The highest BCUT2D eigenvalue weighted by molar-refractivity contribution is 5.94. The quantitative estimate of drug-likeness (QED) is 0.0694. The number of carboxylic acid groups (broad SMARTS) is 1. The van der Waals surface area contributed by atoms with E-state index in [4.69, 9.17) is 17.2 Å². The van der Waals surface area contributed by atoms with E-state index in [0.29, 0.717) is 18.4 Å². The van der Waals surface area contributed by atoms with Gasteiger partial charge in [-0.05, 0) is 24.3 Å². The standard InChI is InChI=1S/C24H39N7O6/c1-3-14(2)19(25)22(35)29-16(10-7-11-28-24(26)27)20(33)30-17(12-15-8-5-4-6-9-15)21(34)31-18(13-32)23(36)37/h4-6,8-9,14,16-19,32H,3,7,10-13,25H2,1-2H3,(H,29,35)(H,30,33)(H,31,34)(H,36,37)(H4,26,27,28). The number of carbonyl (C=O) groups is 4. The molecule has 0 aliphatic heterocycles. The first-order valence-electron chi connectivity index (χ1n) is 12.1. The predicted octanol–water partition coefficient (Wildman–Crippen LogP) is -1.81. The lowest BCUT2D eigenvalue weighted by Gasteiger charge is -2.26. The molecule has 0 heterocycles. The highest BCUT2D eigenvalue weighted by Gasteiger charge is 2.31. The minimum atomic E-state index is -1.55. The summed E-state index contributed by atoms with van der Waals surface area (Å²) < 4.78 is 0. The predicted molar refractivity (Wildman–Crippen MR) is 138 cm³/mol. The Bertz CT molecular complexity index is 923. The zero-order valence-corrected chi connectivity index (χ0v) is 21.2. The van der Waals surface area contributed by atoms with Crippen molar-refractivity contribution in [3.05, 3.63) is 35.9 Å². The molecule has 0 aromatic heterocycles. The number of rotatable bonds is 16. The van der Waals surface area contributed by atoms with Crippen molar-refractivity contribution in [2.24, 2.45) is 28.1 Å². The van der Waals surface area contributed by atoms with Gasteiger partial charge in [-0.1, -0.05) is 50.6 Å². The van der Waals surface area contributed by atoms with Crippen LogP contribution in [0.3, 0.4) is 0 Å². The van der Waals surface area contributed by atoms with Gasteiger partial charge >= 0.3 is 5.97 Å². The number of carboxylic acids is 1. The van der Waals surface area contributed by atoms with E-state index in [1.165, 1.54) is 0 Å². The van der Waals surface area contributed by atoms with Crippen molar-refractivity contribution < 1.29 is 29.4 Å². The lowest BCUT2D eigenvalue weighted by molar-refractivity contribution is -0.143. The number of aliphatic hydroxyl groups excluding tert-OH is 1. The fourth-order valence-electron chi connectivity index (χ4n) is 3.34. The van der Waals surface area contributed by atoms with Gasteiger partial charge in [0.15, 0.2) is 5.96 Å². The molecule has 13 nitrogen and oxygen atoms in total. The third kappa shape index (κ3) is 11.3. The van der Waals surface area contributed by atoms with Crippen molar-refractivity contribution in [2.75, 3.05) is 13.2 Å². The molecule has 0 radical (unpaired) electrons. The van der Waals surface area contributed by atoms with E-state index in [1.54, 1.807) is 30.3 Å². The van der Waals surface area contributed by atoms with Crippen LogP contribution >= 0.6 is 0 Å². The molecule has 1 aromatic rings. The Morgan fingerprint density at radius 1 is 0.946 bits per heavy atom. The molecule has 1 aromatic carbocycles. The second-order valence-corrected chi connectivity index (χ2v) is 8.75. The number of nitrogens with one attached hydrogen (secondary N) is 3. The van der Waals surface area contributed by atoms with Crippen molar-refractivity contribution in [1.29, 1.82) is 0 Å². The molecule has 37 heavy (non-hydrogen) atoms. The van der Waals surface area contributed by atoms with Gasteiger partial charge < -0.3 is 43.4 Å². The van der Waals surface area contributed by atoms with Crippen molar-refractivity contribution in [1.82, 2.24) is 16.0 Å². The third-order valence-electron chi connectivity index (χ3n) is 5.85. The van der Waals surface area contributed by atoms with Gasteiger partial charge in [-0.15, -0.1) is 0 Å². The Hall–Kier alpha value is -3.71. The molecule has 0 saturated carbocycles. The number of hydrogen-bond acceptors (Lipinski definition) is 7. The topological polar surface area (TPSA) is 235 Å². The van der Waals surface area contributed by atoms with E-state index in [1.807, 2.05) is 13.8 Å². The molecule has 206 valence electrons. The molecule has 5 atom stereocenters. The summed E-state index contributed by atoms with van der Waals surface area (Å²) in [5.74, 6) is -3.66. The van der Waals surface area contributed by atoms with Gasteiger partial charge in [0.1, 0.15) is 18.1 Å². The lowest BCUT2D eigenvalue weighted by Crippen LogP contribution is -2.58. The largest absolute Gasteiger partial charge is 0.480 e. The first-order valence-corrected chi connectivity index (χ1v) is 12.1. The Morgan fingerprint density at radius 3 is 2.05 bits per heavy atom. The van der Waals surface area contributed by atoms with Gasteiger partial charge in [0, 0.05) is 13.0 Å². The number of guanidine groups is 1. The maximum atomic E-state index is 13.3. The van der Waals surface area contributed by atoms with Crippen molar-refractivity contribution in [3.8, 4) is 0 Å². The van der Waals surface area contributed by atoms with E-state index < -0.39 is 54.5 Å². The number of aliphatic imine (C=N–C) groups is 1. The van der Waals surface area contributed by atoms with Crippen LogP contribution in [0.1, 0.15) is 38.7 Å². The summed E-state index contributed by atoms with van der Waals surface area (Å²) in [5, 5.41) is 26.0. The monoisotopic (exact) mass is 521 g/mol. The van der Waals surface area contributed by atoms with Crippen LogP contribution in [0, 0.1) is 5.92 Å². The van der Waals surface area contributed by atoms with Gasteiger partial charge in [-0.25, -0.2) is 4.79 Å². The number of carbonyl (C=O) groups excluding carboxylic acids is 3. The number of nitrogens with zero attached hydrogens (tertiary/aromatic N) is 1. The summed E-state index contributed by atoms with van der Waals surface area (Å²) in [6.07, 6.45) is 1.19. The third-order valence-corrected chi connectivity index (χ3v) is 5.85. The zero-order valence-electron chi connectivity index (χ0n) is 21.2. The van der Waals surface area contributed by atoms with E-state index in [9.17, 15) is 29.4 Å². The normalized spacial score (nSPS) is 14.8. The van der Waals surface area contributed by atoms with Crippen LogP contribution < -0.4 is 33.2 Å². The first-order chi connectivity index (χ1) is 17.5. The van der Waals surface area contributed by atoms with Crippen molar-refractivity contribution in [2.45, 2.75) is 63.7 Å². The number of aliphatic hydroxyl groups is 1. The number of benzene rings is 1. The second kappa shape index (κ2) is 16.1. The minimum absolute atomic E-state index is 0.0389. The first kappa shape index (κ1) is 31.3. The number of aliphatic carboxylic acids is 1. The second-order valence-electron chi connectivity index (χ2n) is 8.75. The summed E-state index contributed by atoms with van der Waals surface area (Å²) in [7, 11) is 0. The highest BCUT2D eigenvalue weighted by atomic mass is 16.4. The van der Waals surface area contributed by atoms with Crippen LogP contribution in [0.2, 0.25) is 0 Å². The van der Waals surface area contributed by atoms with Gasteiger partial charge in [0.05, 0.1) is 12.6 Å². The Kier molecular flexibility index (Phi) is 13.6. The van der Waals surface area contributed by atoms with Gasteiger partial charge in [0.25, 0.3) is 0 Å². The van der Waals surface area contributed by atoms with Crippen molar-refractivity contribution >= 4 is 29.7 Å². The van der Waals surface area contributed by atoms with E-state index in [-0.39, 0.29) is 31.3 Å². The SMILES string of the molecule is CCC(C)C(N)C(=O)NC(CCCN=C(N)N)C(=O)NC(Cc1ccccc1)C(=O)NC(CO)C(=O)O. The molecule has 13 heteroatoms. The van der Waals surface area contributed by atoms with Gasteiger partial charge in [-0.3, -0.25) is 19.4 Å². The number of amides is 3. The van der Waals surface area contributed by atoms with E-state index >= 15 is 0 Å². The Labute approximate surface area is 216 Å². The van der Waals surface area contributed by atoms with Crippen molar-refractivity contribution in [3.63, 3.8) is 0 Å². The summed E-state index contributed by atoms with van der Waals surface area (Å²) in [4.78, 5) is 54.1. The fourth-order valence-corrected chi connectivity index (χ4v) is 3.34. The summed E-state index contributed by atoms with van der Waals surface area (Å²) in [5.41, 5.74) is 17.4. The number of nitrogens with two attached hydrogens (primary N) is 3. The lowest BCUT2D eigenvalue weighted by atomic mass is 9.98. The molecule has 1 rings (SSSR count). The van der Waals surface area contributed by atoms with Gasteiger partial charge in [-0.2, -0.15) is 0 Å². The van der Waals surface area contributed by atoms with Gasteiger partial charge in [0.2, 0.25) is 17.7 Å². The molecule has 0 aliphatic carbocycles. The average molecular weight is 522 g/mol. The molecule has 0 fully saturated rings. The molecule has 0 saturated heterocycles. The molecular formula is C24H39N7O6. The van der Waals surface area contributed by atoms with Crippen LogP contribution in [-0.4, -0.2) is 77.2 Å². The smallest absolute Gasteiger partial charge is 0.328 e. The molecule has 0 aliphatic rings. The summed E-state index contributed by atoms with van der Waals surface area (Å²) in [6.45, 7) is 3.09. The van der Waals surface area contributed by atoms with Crippen LogP contribution in [0.5, 0.6) is 0 Å². The van der Waals surface area contributed by atoms with Crippen LogP contribution in [-0.2, 0) is 25.6 Å². The maximum absolute atomic E-state index is 13.3. The summed E-state index contributed by atoms with van der Waals surface area (Å²) in [6, 6.07) is 4.13. The van der Waals surface area contributed by atoms with Crippen LogP contribution in [0.4, 0.5) is 0 Å². The Morgan fingerprint density at radius 2 is 1.51 bits per heavy atom. The van der Waals surface area contributed by atoms with E-state index in [0.717, 1.165) is 0 Å². The fraction of sp³-hybridized carbons (Fsp3) is 0.542. The minimum Gasteiger partial charge on any atom is -0.480 e. The van der Waals surface area contributed by atoms with Crippen LogP contribution in [0.15, 0.2) is 35.3 Å². The highest BCUT2D eigenvalue weighted by Crippen LogP contribution is 2.09. The Balaban J connectivity index is 3.12. The molecule has 5 unspecified atom stereocenters. The maximum Gasteiger partial charge on any atom is 0.328 e. The number of hydrogen-bond donors (Lipinski definition) is 8. The molecule has 0 spiro atoms. The molecule has 11 N–H and O–H groups in total. The van der Waals surface area contributed by atoms with E-state index in [2.05, 4.69) is 20.9 Å². The molecule has 0 bridgehead atoms. The molecule has 3 amide bonds.